The van der Waals surface area contributed by atoms with E-state index in [1.54, 1.807) is 12.1 Å². The van der Waals surface area contributed by atoms with Gasteiger partial charge in [0.05, 0.1) is 5.56 Å². The van der Waals surface area contributed by atoms with Gasteiger partial charge in [-0.1, -0.05) is 11.6 Å². The molecule has 1 atom stereocenters. The highest BCUT2D eigenvalue weighted by atomic mass is 127. The van der Waals surface area contributed by atoms with E-state index in [1.807, 2.05) is 13.0 Å². The van der Waals surface area contributed by atoms with Gasteiger partial charge in [-0.2, -0.15) is 0 Å². The Balaban J connectivity index is 0.00000225. The fraction of sp³-hybridized carbons (Fsp3) is 0.300. The quantitative estimate of drug-likeness (QED) is 0.798. The first kappa shape index (κ1) is 16.0. The minimum absolute atomic E-state index is 0. The highest BCUT2D eigenvalue weighted by Crippen LogP contribution is 2.17. The lowest BCUT2D eigenvalue weighted by atomic mass is 10.2. The summed E-state index contributed by atoms with van der Waals surface area (Å²) in [6.07, 6.45) is 0. The fourth-order valence-electron chi connectivity index (χ4n) is 1.03. The molecule has 0 bridgehead atoms. The van der Waals surface area contributed by atoms with Crippen LogP contribution in [0.25, 0.3) is 0 Å². The van der Waals surface area contributed by atoms with Gasteiger partial charge in [0.2, 0.25) is 0 Å². The Bertz CT molecular complexity index is 374. The first-order chi connectivity index (χ1) is 7.04. The molecular weight excluding hydrogens is 362 g/mol. The lowest BCUT2D eigenvalue weighted by Crippen LogP contribution is -2.38. The number of hydrogen-bond donors (Lipinski definition) is 2. The van der Waals surface area contributed by atoms with Crippen molar-refractivity contribution < 1.29 is 4.79 Å². The summed E-state index contributed by atoms with van der Waals surface area (Å²) in [4.78, 5) is 11.8. The average molecular weight is 375 g/mol. The summed E-state index contributed by atoms with van der Waals surface area (Å²) in [7, 11) is 0. The summed E-state index contributed by atoms with van der Waals surface area (Å²) >= 11 is 7.92. The maximum atomic E-state index is 11.8. The molecule has 0 saturated heterocycles. The second-order valence-corrected chi connectivity index (χ2v) is 4.83. The Morgan fingerprint density at radius 3 is 2.81 bits per heavy atom. The van der Waals surface area contributed by atoms with Crippen molar-refractivity contribution in [3.8, 4) is 0 Å². The summed E-state index contributed by atoms with van der Waals surface area (Å²) in [6, 6.07) is 5.19. The van der Waals surface area contributed by atoms with Crippen molar-refractivity contribution in [3.63, 3.8) is 0 Å². The van der Waals surface area contributed by atoms with Crippen molar-refractivity contribution in [2.75, 3.05) is 6.54 Å². The number of halogens is 3. The fourth-order valence-corrected chi connectivity index (χ4v) is 1.78. The number of carbonyl (C=O) groups is 1. The molecule has 3 nitrogen and oxygen atoms in total. The van der Waals surface area contributed by atoms with Gasteiger partial charge in [0.15, 0.2) is 0 Å². The van der Waals surface area contributed by atoms with Crippen LogP contribution in [0.3, 0.4) is 0 Å². The lowest BCUT2D eigenvalue weighted by Gasteiger charge is -2.12. The molecule has 6 heteroatoms. The number of nitrogens with one attached hydrogen (secondary N) is 1. The minimum atomic E-state index is -0.139. The Labute approximate surface area is 120 Å². The summed E-state index contributed by atoms with van der Waals surface area (Å²) in [6.45, 7) is 2.28. The van der Waals surface area contributed by atoms with Crippen LogP contribution in [-0.2, 0) is 0 Å². The molecule has 90 valence electrons. The van der Waals surface area contributed by atoms with E-state index >= 15 is 0 Å². The molecule has 0 heterocycles. The van der Waals surface area contributed by atoms with Crippen LogP contribution in [0, 0.1) is 3.57 Å². The minimum Gasteiger partial charge on any atom is -0.348 e. The first-order valence-corrected chi connectivity index (χ1v) is 5.96. The molecule has 0 aliphatic carbocycles. The SMILES string of the molecule is C[C@H](CN)NC(=O)c1cc(Cl)ccc1I.Cl. The van der Waals surface area contributed by atoms with Crippen molar-refractivity contribution in [2.45, 2.75) is 13.0 Å². The molecule has 1 aromatic carbocycles. The smallest absolute Gasteiger partial charge is 0.252 e. The Kier molecular flexibility index (Phi) is 7.30. The molecule has 1 aromatic rings. The lowest BCUT2D eigenvalue weighted by molar-refractivity contribution is 0.0940. The van der Waals surface area contributed by atoms with Crippen molar-refractivity contribution in [1.82, 2.24) is 5.32 Å². The second-order valence-electron chi connectivity index (χ2n) is 3.23. The van der Waals surface area contributed by atoms with Crippen LogP contribution in [-0.4, -0.2) is 18.5 Å². The van der Waals surface area contributed by atoms with Crippen LogP contribution >= 0.6 is 46.6 Å². The van der Waals surface area contributed by atoms with Crippen LogP contribution in [0.15, 0.2) is 18.2 Å². The zero-order chi connectivity index (χ0) is 11.4. The molecule has 3 N–H and O–H groups in total. The van der Waals surface area contributed by atoms with E-state index in [4.69, 9.17) is 17.3 Å². The van der Waals surface area contributed by atoms with Gasteiger partial charge in [0, 0.05) is 21.2 Å². The third-order valence-corrected chi connectivity index (χ3v) is 3.08. The van der Waals surface area contributed by atoms with Crippen LogP contribution in [0.2, 0.25) is 5.02 Å². The van der Waals surface area contributed by atoms with E-state index in [-0.39, 0.29) is 24.4 Å². The number of nitrogens with two attached hydrogens (primary N) is 1. The number of amides is 1. The van der Waals surface area contributed by atoms with Crippen LogP contribution in [0.4, 0.5) is 0 Å². The van der Waals surface area contributed by atoms with E-state index in [0.29, 0.717) is 17.1 Å². The Hall–Kier alpha value is -0.0400. The third kappa shape index (κ3) is 4.45. The molecule has 0 unspecified atom stereocenters. The predicted octanol–water partition coefficient (Wildman–Crippen LogP) is 2.44. The molecule has 0 fully saturated rings. The second kappa shape index (κ2) is 7.32. The normalized spacial score (nSPS) is 11.5. The molecular formula is C10H13Cl2IN2O. The van der Waals surface area contributed by atoms with Gasteiger partial charge in [0.25, 0.3) is 5.91 Å². The maximum absolute atomic E-state index is 11.8. The zero-order valence-electron chi connectivity index (χ0n) is 8.67. The third-order valence-electron chi connectivity index (χ3n) is 1.90. The molecule has 0 spiro atoms. The topological polar surface area (TPSA) is 55.1 Å². The van der Waals surface area contributed by atoms with E-state index in [1.165, 1.54) is 0 Å². The van der Waals surface area contributed by atoms with Crippen LogP contribution < -0.4 is 11.1 Å². The van der Waals surface area contributed by atoms with E-state index in [0.717, 1.165) is 3.57 Å². The molecule has 0 saturated carbocycles. The van der Waals surface area contributed by atoms with Crippen molar-refractivity contribution in [2.24, 2.45) is 5.73 Å². The molecule has 0 aliphatic heterocycles. The van der Waals surface area contributed by atoms with E-state index < -0.39 is 0 Å². The zero-order valence-corrected chi connectivity index (χ0v) is 12.4. The van der Waals surface area contributed by atoms with E-state index in [9.17, 15) is 4.79 Å². The average Bonchev–Trinajstić information content (AvgIpc) is 2.21. The standard InChI is InChI=1S/C10H12ClIN2O.ClH/c1-6(5-13)14-10(15)8-4-7(11)2-3-9(8)12;/h2-4,6H,5,13H2,1H3,(H,14,15);1H/t6-;/m1./s1. The highest BCUT2D eigenvalue weighted by molar-refractivity contribution is 14.1. The highest BCUT2D eigenvalue weighted by Gasteiger charge is 2.12. The monoisotopic (exact) mass is 374 g/mol. The number of rotatable bonds is 3. The van der Waals surface area contributed by atoms with Crippen molar-refractivity contribution in [3.05, 3.63) is 32.4 Å². The van der Waals surface area contributed by atoms with Gasteiger partial charge in [-0.3, -0.25) is 4.79 Å². The number of benzene rings is 1. The maximum Gasteiger partial charge on any atom is 0.252 e. The molecule has 0 radical (unpaired) electrons. The first-order valence-electron chi connectivity index (χ1n) is 4.50. The molecule has 1 rings (SSSR count). The molecule has 1 amide bonds. The molecule has 0 aliphatic rings. The Morgan fingerprint density at radius 1 is 1.62 bits per heavy atom. The van der Waals surface area contributed by atoms with Crippen molar-refractivity contribution in [1.29, 1.82) is 0 Å². The number of carbonyl (C=O) groups excluding carboxylic acids is 1. The van der Waals surface area contributed by atoms with Gasteiger partial charge in [-0.15, -0.1) is 12.4 Å². The van der Waals surface area contributed by atoms with Crippen molar-refractivity contribution >= 4 is 52.5 Å². The Morgan fingerprint density at radius 2 is 2.25 bits per heavy atom. The number of hydrogen-bond acceptors (Lipinski definition) is 2. The largest absolute Gasteiger partial charge is 0.348 e. The summed E-state index contributed by atoms with van der Waals surface area (Å²) in [5.74, 6) is -0.139. The van der Waals surface area contributed by atoms with Gasteiger partial charge in [0.1, 0.15) is 0 Å². The molecule has 16 heavy (non-hydrogen) atoms. The van der Waals surface area contributed by atoms with Gasteiger partial charge < -0.3 is 11.1 Å². The van der Waals surface area contributed by atoms with Crippen LogP contribution in [0.5, 0.6) is 0 Å². The van der Waals surface area contributed by atoms with E-state index in [2.05, 4.69) is 27.9 Å². The van der Waals surface area contributed by atoms with Crippen LogP contribution in [0.1, 0.15) is 17.3 Å². The van der Waals surface area contributed by atoms with Gasteiger partial charge >= 0.3 is 0 Å². The van der Waals surface area contributed by atoms with Gasteiger partial charge in [-0.05, 0) is 47.7 Å². The predicted molar refractivity (Wildman–Crippen MR) is 77.4 cm³/mol. The summed E-state index contributed by atoms with van der Waals surface area (Å²) in [5, 5.41) is 3.34. The summed E-state index contributed by atoms with van der Waals surface area (Å²) in [5.41, 5.74) is 6.01. The van der Waals surface area contributed by atoms with Gasteiger partial charge in [-0.25, -0.2) is 0 Å². The summed E-state index contributed by atoms with van der Waals surface area (Å²) < 4.78 is 0.874. The molecule has 0 aromatic heterocycles.